The van der Waals surface area contributed by atoms with Gasteiger partial charge in [0, 0.05) is 11.7 Å². The van der Waals surface area contributed by atoms with Crippen LogP contribution in [-0.2, 0) is 4.79 Å². The second-order valence-electron chi connectivity index (χ2n) is 2.85. The van der Waals surface area contributed by atoms with Crippen molar-refractivity contribution in [2.24, 2.45) is 11.8 Å². The van der Waals surface area contributed by atoms with E-state index in [1.165, 1.54) is 12.2 Å². The Labute approximate surface area is 59.2 Å². The van der Waals surface area contributed by atoms with Crippen molar-refractivity contribution in [3.05, 3.63) is 0 Å². The van der Waals surface area contributed by atoms with Crippen LogP contribution >= 0.6 is 11.8 Å². The first kappa shape index (κ1) is 5.78. The Balaban J connectivity index is 1.87. The molecule has 1 saturated heterocycles. The highest BCUT2D eigenvalue weighted by molar-refractivity contribution is 8.00. The Hall–Kier alpha value is 0.0200. The van der Waals surface area contributed by atoms with E-state index in [0.29, 0.717) is 0 Å². The predicted molar refractivity (Wildman–Crippen MR) is 38.5 cm³/mol. The van der Waals surface area contributed by atoms with Gasteiger partial charge in [-0.25, -0.2) is 0 Å². The molecule has 2 heteroatoms. The number of carbonyl (C=O) groups excluding carboxylic acids is 1. The molecule has 0 aromatic carbocycles. The van der Waals surface area contributed by atoms with Crippen molar-refractivity contribution < 1.29 is 4.79 Å². The molecule has 3 unspecified atom stereocenters. The standard InChI is InChI=1S/C7H10OS/c8-3-1-5-6-2-4-9-7(5)6/h3,5-7H,1-2,4H2. The molecule has 0 aromatic heterocycles. The van der Waals surface area contributed by atoms with Gasteiger partial charge in [0.05, 0.1) is 0 Å². The van der Waals surface area contributed by atoms with E-state index in [0.717, 1.165) is 29.8 Å². The number of aldehydes is 1. The van der Waals surface area contributed by atoms with E-state index >= 15 is 0 Å². The van der Waals surface area contributed by atoms with Crippen molar-refractivity contribution in [2.45, 2.75) is 18.1 Å². The zero-order valence-electron chi connectivity index (χ0n) is 5.25. The molecule has 50 valence electrons. The summed E-state index contributed by atoms with van der Waals surface area (Å²) in [7, 11) is 0. The van der Waals surface area contributed by atoms with E-state index < -0.39 is 0 Å². The lowest BCUT2D eigenvalue weighted by Gasteiger charge is -1.94. The maximum atomic E-state index is 10.1. The molecule has 2 rings (SSSR count). The molecule has 1 heterocycles. The van der Waals surface area contributed by atoms with E-state index in [9.17, 15) is 4.79 Å². The molecule has 9 heavy (non-hydrogen) atoms. The lowest BCUT2D eigenvalue weighted by atomic mass is 10.2. The average Bonchev–Trinajstić information content (AvgIpc) is 2.39. The number of thioether (sulfide) groups is 1. The molecule has 1 aliphatic carbocycles. The maximum Gasteiger partial charge on any atom is 0.120 e. The number of carbonyl (C=O) groups is 1. The van der Waals surface area contributed by atoms with Crippen molar-refractivity contribution in [1.29, 1.82) is 0 Å². The zero-order chi connectivity index (χ0) is 6.27. The van der Waals surface area contributed by atoms with E-state index in [4.69, 9.17) is 0 Å². The highest BCUT2D eigenvalue weighted by Crippen LogP contribution is 2.57. The number of hydrogen-bond donors (Lipinski definition) is 0. The third-order valence-electron chi connectivity index (χ3n) is 2.38. The summed E-state index contributed by atoms with van der Waals surface area (Å²) in [6, 6.07) is 0. The minimum absolute atomic E-state index is 0.779. The predicted octanol–water partition coefficient (Wildman–Crippen LogP) is 1.33. The first-order valence-electron chi connectivity index (χ1n) is 3.48. The molecular weight excluding hydrogens is 132 g/mol. The molecule has 0 spiro atoms. The maximum absolute atomic E-state index is 10.1. The zero-order valence-corrected chi connectivity index (χ0v) is 6.06. The summed E-state index contributed by atoms with van der Waals surface area (Å²) in [5.74, 6) is 3.05. The highest BCUT2D eigenvalue weighted by atomic mass is 32.2. The Morgan fingerprint density at radius 1 is 1.67 bits per heavy atom. The highest BCUT2D eigenvalue weighted by Gasteiger charge is 2.52. The van der Waals surface area contributed by atoms with Crippen LogP contribution in [0, 0.1) is 11.8 Å². The summed E-state index contributed by atoms with van der Waals surface area (Å²) in [6.45, 7) is 0. The van der Waals surface area contributed by atoms with Gasteiger partial charge in [-0.1, -0.05) is 0 Å². The Bertz CT molecular complexity index is 125. The SMILES string of the molecule is O=CCC1C2CCSC12. The van der Waals surface area contributed by atoms with Crippen LogP contribution in [0.1, 0.15) is 12.8 Å². The third kappa shape index (κ3) is 0.803. The van der Waals surface area contributed by atoms with Crippen LogP contribution < -0.4 is 0 Å². The molecule has 0 aromatic rings. The summed E-state index contributed by atoms with van der Waals surface area (Å²) in [5, 5.41) is 0.884. The molecule has 1 aliphatic heterocycles. The largest absolute Gasteiger partial charge is 0.303 e. The van der Waals surface area contributed by atoms with Gasteiger partial charge in [0.1, 0.15) is 6.29 Å². The Morgan fingerprint density at radius 2 is 2.56 bits per heavy atom. The van der Waals surface area contributed by atoms with Crippen LogP contribution in [0.25, 0.3) is 0 Å². The van der Waals surface area contributed by atoms with Gasteiger partial charge in [-0.3, -0.25) is 0 Å². The number of fused-ring (bicyclic) bond motifs is 1. The van der Waals surface area contributed by atoms with Crippen molar-refractivity contribution in [3.63, 3.8) is 0 Å². The van der Waals surface area contributed by atoms with Gasteiger partial charge < -0.3 is 4.79 Å². The fourth-order valence-electron chi connectivity index (χ4n) is 1.80. The summed E-state index contributed by atoms with van der Waals surface area (Å²) in [4.78, 5) is 10.1. The van der Waals surface area contributed by atoms with E-state index in [2.05, 4.69) is 11.8 Å². The van der Waals surface area contributed by atoms with Gasteiger partial charge in [0.15, 0.2) is 0 Å². The molecule has 1 saturated carbocycles. The lowest BCUT2D eigenvalue weighted by molar-refractivity contribution is -0.108. The van der Waals surface area contributed by atoms with Crippen molar-refractivity contribution >= 4 is 18.0 Å². The summed E-state index contributed by atoms with van der Waals surface area (Å²) >= 11 is 2.06. The minimum atomic E-state index is 0.779. The van der Waals surface area contributed by atoms with Crippen LogP contribution in [0.3, 0.4) is 0 Å². The van der Waals surface area contributed by atoms with E-state index in [1.54, 1.807) is 0 Å². The van der Waals surface area contributed by atoms with Crippen molar-refractivity contribution in [3.8, 4) is 0 Å². The van der Waals surface area contributed by atoms with Crippen LogP contribution in [0.2, 0.25) is 0 Å². The van der Waals surface area contributed by atoms with E-state index in [-0.39, 0.29) is 0 Å². The normalized spacial score (nSPS) is 46.4. The minimum Gasteiger partial charge on any atom is -0.303 e. The number of rotatable bonds is 2. The van der Waals surface area contributed by atoms with Gasteiger partial charge in [-0.15, -0.1) is 0 Å². The van der Waals surface area contributed by atoms with Gasteiger partial charge in [0.25, 0.3) is 0 Å². The smallest absolute Gasteiger partial charge is 0.120 e. The molecular formula is C7H10OS. The third-order valence-corrected chi connectivity index (χ3v) is 3.94. The topological polar surface area (TPSA) is 17.1 Å². The Morgan fingerprint density at radius 3 is 3.11 bits per heavy atom. The fraction of sp³-hybridized carbons (Fsp3) is 0.857. The first-order valence-corrected chi connectivity index (χ1v) is 4.53. The fourth-order valence-corrected chi connectivity index (χ4v) is 3.53. The van der Waals surface area contributed by atoms with Crippen LogP contribution in [-0.4, -0.2) is 17.3 Å². The quantitative estimate of drug-likeness (QED) is 0.541. The van der Waals surface area contributed by atoms with Crippen LogP contribution in [0.15, 0.2) is 0 Å². The molecule has 0 N–H and O–H groups in total. The van der Waals surface area contributed by atoms with Gasteiger partial charge in [0.2, 0.25) is 0 Å². The summed E-state index contributed by atoms with van der Waals surface area (Å²) < 4.78 is 0. The molecule has 2 fully saturated rings. The summed E-state index contributed by atoms with van der Waals surface area (Å²) in [5.41, 5.74) is 0. The van der Waals surface area contributed by atoms with Gasteiger partial charge in [-0.05, 0) is 24.0 Å². The second-order valence-corrected chi connectivity index (χ2v) is 4.14. The molecule has 0 radical (unpaired) electrons. The summed E-state index contributed by atoms with van der Waals surface area (Å²) in [6.07, 6.45) is 3.26. The average molecular weight is 142 g/mol. The number of hydrogen-bond acceptors (Lipinski definition) is 2. The molecule has 2 aliphatic rings. The molecule has 0 bridgehead atoms. The van der Waals surface area contributed by atoms with Crippen molar-refractivity contribution in [1.82, 2.24) is 0 Å². The molecule has 3 atom stereocenters. The monoisotopic (exact) mass is 142 g/mol. The van der Waals surface area contributed by atoms with Gasteiger partial charge in [-0.2, -0.15) is 11.8 Å². The Kier molecular flexibility index (Phi) is 1.29. The van der Waals surface area contributed by atoms with Crippen LogP contribution in [0.4, 0.5) is 0 Å². The lowest BCUT2D eigenvalue weighted by Crippen LogP contribution is -1.88. The molecule has 1 nitrogen and oxygen atoms in total. The first-order chi connectivity index (χ1) is 4.43. The van der Waals surface area contributed by atoms with Crippen LogP contribution in [0.5, 0.6) is 0 Å². The van der Waals surface area contributed by atoms with Gasteiger partial charge >= 0.3 is 0 Å². The second kappa shape index (κ2) is 2.01. The van der Waals surface area contributed by atoms with E-state index in [1.807, 2.05) is 0 Å². The van der Waals surface area contributed by atoms with Crippen molar-refractivity contribution in [2.75, 3.05) is 5.75 Å². The molecule has 0 amide bonds.